The first kappa shape index (κ1) is 23.5. The normalized spacial score (nSPS) is 19.8. The molecule has 0 aromatic heterocycles. The molecule has 0 aliphatic carbocycles. The van der Waals surface area contributed by atoms with Crippen LogP contribution in [0.3, 0.4) is 0 Å². The number of rotatable bonds is 7. The SMILES string of the molecule is COC(=O)[C@@]1(Sc2ccc(C)cc2)CC(=O)N(Cc2ccccc2)[C@@H]1c1ccccc1[N+](=O)[O-]. The highest BCUT2D eigenvalue weighted by Gasteiger charge is 2.60. The van der Waals surface area contributed by atoms with E-state index in [9.17, 15) is 19.7 Å². The van der Waals surface area contributed by atoms with E-state index in [-0.39, 0.29) is 24.6 Å². The number of amides is 1. The van der Waals surface area contributed by atoms with Gasteiger partial charge in [-0.2, -0.15) is 0 Å². The second-order valence-corrected chi connectivity index (χ2v) is 9.60. The van der Waals surface area contributed by atoms with Crippen LogP contribution < -0.4 is 0 Å². The van der Waals surface area contributed by atoms with Gasteiger partial charge in [0, 0.05) is 17.5 Å². The van der Waals surface area contributed by atoms with E-state index in [1.807, 2.05) is 61.5 Å². The second kappa shape index (κ2) is 9.69. The molecule has 174 valence electrons. The Morgan fingerprint density at radius 1 is 1.09 bits per heavy atom. The maximum Gasteiger partial charge on any atom is 0.325 e. The Labute approximate surface area is 201 Å². The van der Waals surface area contributed by atoms with Crippen molar-refractivity contribution in [3.8, 4) is 0 Å². The smallest absolute Gasteiger partial charge is 0.325 e. The molecule has 1 saturated heterocycles. The van der Waals surface area contributed by atoms with Crippen molar-refractivity contribution in [1.82, 2.24) is 4.90 Å². The van der Waals surface area contributed by atoms with Gasteiger partial charge in [-0.05, 0) is 30.7 Å². The van der Waals surface area contributed by atoms with Crippen LogP contribution in [0, 0.1) is 17.0 Å². The monoisotopic (exact) mass is 476 g/mol. The Kier molecular flexibility index (Phi) is 6.70. The number of nitro benzene ring substituents is 1. The van der Waals surface area contributed by atoms with Gasteiger partial charge in [0.05, 0.1) is 30.1 Å². The second-order valence-electron chi connectivity index (χ2n) is 8.20. The summed E-state index contributed by atoms with van der Waals surface area (Å²) in [5.74, 6) is -0.859. The van der Waals surface area contributed by atoms with Crippen molar-refractivity contribution < 1.29 is 19.2 Å². The molecule has 34 heavy (non-hydrogen) atoms. The molecular weight excluding hydrogens is 452 g/mol. The molecule has 0 saturated carbocycles. The van der Waals surface area contributed by atoms with Crippen molar-refractivity contribution in [2.75, 3.05) is 7.11 Å². The fraction of sp³-hybridized carbons (Fsp3) is 0.231. The number of nitrogens with zero attached hydrogens (tertiary/aromatic N) is 2. The quantitative estimate of drug-likeness (QED) is 0.268. The van der Waals surface area contributed by atoms with E-state index in [2.05, 4.69) is 0 Å². The molecule has 0 spiro atoms. The first-order chi connectivity index (χ1) is 16.4. The van der Waals surface area contributed by atoms with Crippen molar-refractivity contribution in [3.63, 3.8) is 0 Å². The van der Waals surface area contributed by atoms with Gasteiger partial charge in [0.1, 0.15) is 0 Å². The van der Waals surface area contributed by atoms with E-state index in [1.54, 1.807) is 23.1 Å². The molecule has 0 bridgehead atoms. The predicted molar refractivity (Wildman–Crippen MR) is 129 cm³/mol. The van der Waals surface area contributed by atoms with Gasteiger partial charge in [-0.1, -0.05) is 60.2 Å². The third-order valence-corrected chi connectivity index (χ3v) is 7.37. The van der Waals surface area contributed by atoms with Crippen molar-refractivity contribution in [2.45, 2.75) is 35.6 Å². The van der Waals surface area contributed by atoms with Crippen molar-refractivity contribution in [3.05, 3.63) is 106 Å². The minimum Gasteiger partial charge on any atom is -0.468 e. The molecule has 1 amide bonds. The Morgan fingerprint density at radius 2 is 1.74 bits per heavy atom. The topological polar surface area (TPSA) is 89.8 Å². The summed E-state index contributed by atoms with van der Waals surface area (Å²) in [6, 6.07) is 22.4. The fourth-order valence-electron chi connectivity index (χ4n) is 4.39. The summed E-state index contributed by atoms with van der Waals surface area (Å²) in [7, 11) is 1.28. The summed E-state index contributed by atoms with van der Waals surface area (Å²) >= 11 is 1.22. The summed E-state index contributed by atoms with van der Waals surface area (Å²) in [4.78, 5) is 40.7. The highest BCUT2D eigenvalue weighted by Crippen LogP contribution is 2.55. The molecule has 2 atom stereocenters. The van der Waals surface area contributed by atoms with Crippen LogP contribution in [0.25, 0.3) is 0 Å². The molecule has 1 heterocycles. The van der Waals surface area contributed by atoms with Gasteiger partial charge in [-0.3, -0.25) is 19.7 Å². The third kappa shape index (κ3) is 4.41. The Balaban J connectivity index is 1.90. The third-order valence-electron chi connectivity index (χ3n) is 5.96. The summed E-state index contributed by atoms with van der Waals surface area (Å²) in [5, 5.41) is 12.0. The van der Waals surface area contributed by atoms with Crippen LogP contribution in [0.5, 0.6) is 0 Å². The molecule has 1 aliphatic heterocycles. The lowest BCUT2D eigenvalue weighted by Gasteiger charge is -2.35. The predicted octanol–water partition coefficient (Wildman–Crippen LogP) is 5.08. The van der Waals surface area contributed by atoms with Crippen LogP contribution in [0.2, 0.25) is 0 Å². The first-order valence-electron chi connectivity index (χ1n) is 10.8. The summed E-state index contributed by atoms with van der Waals surface area (Å²) in [6.07, 6.45) is -0.137. The van der Waals surface area contributed by atoms with Gasteiger partial charge in [-0.15, -0.1) is 11.8 Å². The molecule has 1 fully saturated rings. The van der Waals surface area contributed by atoms with Crippen molar-refractivity contribution in [2.24, 2.45) is 0 Å². The zero-order valence-corrected chi connectivity index (χ0v) is 19.7. The highest BCUT2D eigenvalue weighted by molar-refractivity contribution is 8.01. The number of hydrogen-bond donors (Lipinski definition) is 0. The number of carbonyl (C=O) groups is 2. The zero-order valence-electron chi connectivity index (χ0n) is 18.8. The van der Waals surface area contributed by atoms with E-state index in [4.69, 9.17) is 4.74 Å². The lowest BCUT2D eigenvalue weighted by Crippen LogP contribution is -2.42. The minimum atomic E-state index is -1.40. The summed E-state index contributed by atoms with van der Waals surface area (Å²) in [6.45, 7) is 2.17. The first-order valence-corrected chi connectivity index (χ1v) is 11.6. The van der Waals surface area contributed by atoms with Crippen LogP contribution in [0.15, 0.2) is 83.8 Å². The number of ether oxygens (including phenoxy) is 1. The molecule has 1 aliphatic rings. The van der Waals surface area contributed by atoms with E-state index in [0.29, 0.717) is 5.56 Å². The van der Waals surface area contributed by atoms with Crippen LogP contribution in [-0.4, -0.2) is 33.6 Å². The van der Waals surface area contributed by atoms with Crippen molar-refractivity contribution >= 4 is 29.3 Å². The van der Waals surface area contributed by atoms with E-state index in [0.717, 1.165) is 16.0 Å². The number of aryl methyl sites for hydroxylation is 1. The molecular formula is C26H24N2O5S. The Hall–Kier alpha value is -3.65. The van der Waals surface area contributed by atoms with E-state index >= 15 is 0 Å². The maximum absolute atomic E-state index is 13.5. The number of likely N-dealkylation sites (tertiary alicyclic amines) is 1. The average molecular weight is 477 g/mol. The summed E-state index contributed by atoms with van der Waals surface area (Å²) < 4.78 is 3.82. The number of benzene rings is 3. The highest BCUT2D eigenvalue weighted by atomic mass is 32.2. The van der Waals surface area contributed by atoms with Gasteiger partial charge in [0.2, 0.25) is 5.91 Å². The fourth-order valence-corrected chi connectivity index (χ4v) is 5.81. The van der Waals surface area contributed by atoms with Gasteiger partial charge in [0.25, 0.3) is 5.69 Å². The van der Waals surface area contributed by atoms with Crippen LogP contribution in [0.1, 0.15) is 29.2 Å². The average Bonchev–Trinajstić information content (AvgIpc) is 3.12. The number of carbonyl (C=O) groups excluding carboxylic acids is 2. The molecule has 4 rings (SSSR count). The largest absolute Gasteiger partial charge is 0.468 e. The lowest BCUT2D eigenvalue weighted by molar-refractivity contribution is -0.386. The number of hydrogen-bond acceptors (Lipinski definition) is 6. The summed E-state index contributed by atoms with van der Waals surface area (Å²) in [5.41, 5.74) is 2.08. The molecule has 8 heteroatoms. The Morgan fingerprint density at radius 3 is 2.38 bits per heavy atom. The number of nitro groups is 1. The van der Waals surface area contributed by atoms with E-state index in [1.165, 1.54) is 24.9 Å². The molecule has 7 nitrogen and oxygen atoms in total. The molecule has 0 unspecified atom stereocenters. The molecule has 0 radical (unpaired) electrons. The molecule has 3 aromatic carbocycles. The molecule has 0 N–H and O–H groups in total. The standard InChI is InChI=1S/C26H24N2O5S/c1-18-12-14-20(15-13-18)34-26(25(30)33-2)16-23(29)27(17-19-8-4-3-5-9-19)24(26)21-10-6-7-11-22(21)28(31)32/h3-15,24H,16-17H2,1-2H3/t24-,26-/m1/s1. The van der Waals surface area contributed by atoms with Gasteiger partial charge < -0.3 is 9.64 Å². The van der Waals surface area contributed by atoms with Gasteiger partial charge >= 0.3 is 5.97 Å². The molecule has 3 aromatic rings. The number of thioether (sulfide) groups is 1. The van der Waals surface area contributed by atoms with Crippen molar-refractivity contribution in [1.29, 1.82) is 0 Å². The number of esters is 1. The van der Waals surface area contributed by atoms with Gasteiger partial charge in [0.15, 0.2) is 4.75 Å². The van der Waals surface area contributed by atoms with Crippen LogP contribution in [-0.2, 0) is 20.9 Å². The van der Waals surface area contributed by atoms with Crippen LogP contribution in [0.4, 0.5) is 5.69 Å². The zero-order chi connectivity index (χ0) is 24.3. The number of methoxy groups -OCH3 is 1. The van der Waals surface area contributed by atoms with Gasteiger partial charge in [-0.25, -0.2) is 0 Å². The number of para-hydroxylation sites is 1. The minimum absolute atomic E-state index is 0.137. The Bertz CT molecular complexity index is 1220. The lowest BCUT2D eigenvalue weighted by atomic mass is 9.91. The maximum atomic E-state index is 13.5. The van der Waals surface area contributed by atoms with E-state index < -0.39 is 21.7 Å². The van der Waals surface area contributed by atoms with Crippen LogP contribution >= 0.6 is 11.8 Å².